The molecule has 118 valence electrons. The Labute approximate surface area is 127 Å². The fourth-order valence-electron chi connectivity index (χ4n) is 2.30. The summed E-state index contributed by atoms with van der Waals surface area (Å²) in [4.78, 5) is 35.4. The zero-order valence-electron chi connectivity index (χ0n) is 11.9. The van der Waals surface area contributed by atoms with E-state index in [1.165, 1.54) is 29.2 Å². The Bertz CT molecular complexity index is 562. The summed E-state index contributed by atoms with van der Waals surface area (Å²) in [6.45, 7) is 0.529. The molecule has 1 fully saturated rings. The average Bonchev–Trinajstić information content (AvgIpc) is 3.01. The van der Waals surface area contributed by atoms with Crippen LogP contribution >= 0.6 is 0 Å². The summed E-state index contributed by atoms with van der Waals surface area (Å²) in [7, 11) is 0. The van der Waals surface area contributed by atoms with Gasteiger partial charge in [-0.25, -0.2) is 4.79 Å². The summed E-state index contributed by atoms with van der Waals surface area (Å²) in [5.74, 6) is -2.36. The minimum atomic E-state index is -1.06. The van der Waals surface area contributed by atoms with Gasteiger partial charge in [0.15, 0.2) is 0 Å². The Morgan fingerprint density at radius 3 is 2.36 bits per heavy atom. The first kappa shape index (κ1) is 16.0. The van der Waals surface area contributed by atoms with Crippen molar-refractivity contribution in [2.24, 2.45) is 0 Å². The predicted molar refractivity (Wildman–Crippen MR) is 77.0 cm³/mol. The number of anilines is 1. The van der Waals surface area contributed by atoms with Crippen LogP contribution in [-0.2, 0) is 14.3 Å². The molecule has 7 nitrogen and oxygen atoms in total. The van der Waals surface area contributed by atoms with Gasteiger partial charge in [-0.1, -0.05) is 0 Å². The minimum Gasteiger partial charge on any atom is -0.481 e. The number of hydrogen-bond donors (Lipinski definition) is 2. The van der Waals surface area contributed by atoms with Crippen molar-refractivity contribution in [3.63, 3.8) is 0 Å². The first-order valence-corrected chi connectivity index (χ1v) is 6.97. The minimum absolute atomic E-state index is 0.0143. The van der Waals surface area contributed by atoms with E-state index in [1.54, 1.807) is 0 Å². The van der Waals surface area contributed by atoms with Crippen molar-refractivity contribution < 1.29 is 29.3 Å². The monoisotopic (exact) mass is 307 g/mol. The molecular formula is C15H17NO6. The van der Waals surface area contributed by atoms with Crippen molar-refractivity contribution in [2.75, 3.05) is 18.1 Å². The molecule has 1 heterocycles. The zero-order valence-corrected chi connectivity index (χ0v) is 11.9. The van der Waals surface area contributed by atoms with Crippen molar-refractivity contribution in [3.05, 3.63) is 29.8 Å². The SMILES string of the molecule is O=C(O)CCN(C(=O)C1CCCO1)c1ccc(C(=O)O)cc1. The molecule has 1 aromatic rings. The largest absolute Gasteiger partial charge is 0.481 e. The van der Waals surface area contributed by atoms with Gasteiger partial charge in [0.25, 0.3) is 5.91 Å². The number of aromatic carboxylic acids is 1. The number of aliphatic carboxylic acids is 1. The van der Waals surface area contributed by atoms with Crippen LogP contribution < -0.4 is 4.90 Å². The summed E-state index contributed by atoms with van der Waals surface area (Å²) < 4.78 is 5.35. The van der Waals surface area contributed by atoms with Crippen LogP contribution in [0.25, 0.3) is 0 Å². The van der Waals surface area contributed by atoms with E-state index in [4.69, 9.17) is 14.9 Å². The van der Waals surface area contributed by atoms with Gasteiger partial charge in [-0.15, -0.1) is 0 Å². The van der Waals surface area contributed by atoms with Gasteiger partial charge in [-0.2, -0.15) is 0 Å². The molecule has 0 aromatic heterocycles. The van der Waals surface area contributed by atoms with Crippen LogP contribution in [0.15, 0.2) is 24.3 Å². The second-order valence-corrected chi connectivity index (χ2v) is 4.99. The van der Waals surface area contributed by atoms with Gasteiger partial charge in [0.2, 0.25) is 0 Å². The van der Waals surface area contributed by atoms with Gasteiger partial charge in [0.1, 0.15) is 6.10 Å². The van der Waals surface area contributed by atoms with Crippen LogP contribution in [0.5, 0.6) is 0 Å². The van der Waals surface area contributed by atoms with Gasteiger partial charge in [-0.05, 0) is 37.1 Å². The van der Waals surface area contributed by atoms with E-state index in [0.717, 1.165) is 6.42 Å². The molecule has 0 radical (unpaired) electrons. The Balaban J connectivity index is 2.20. The number of carboxylic acids is 2. The Morgan fingerprint density at radius 2 is 1.86 bits per heavy atom. The summed E-state index contributed by atoms with van der Waals surface area (Å²) in [6.07, 6.45) is 0.642. The maximum absolute atomic E-state index is 12.5. The van der Waals surface area contributed by atoms with Crippen molar-refractivity contribution in [2.45, 2.75) is 25.4 Å². The van der Waals surface area contributed by atoms with E-state index in [2.05, 4.69) is 0 Å². The van der Waals surface area contributed by atoms with Gasteiger partial charge in [0.05, 0.1) is 12.0 Å². The molecule has 2 rings (SSSR count). The number of benzene rings is 1. The lowest BCUT2D eigenvalue weighted by molar-refractivity contribution is -0.136. The second-order valence-electron chi connectivity index (χ2n) is 4.99. The number of ether oxygens (including phenoxy) is 1. The summed E-state index contributed by atoms with van der Waals surface area (Å²) >= 11 is 0. The fourth-order valence-corrected chi connectivity index (χ4v) is 2.30. The van der Waals surface area contributed by atoms with Crippen molar-refractivity contribution >= 4 is 23.5 Å². The number of hydrogen-bond acceptors (Lipinski definition) is 4. The predicted octanol–water partition coefficient (Wildman–Crippen LogP) is 1.37. The van der Waals surface area contributed by atoms with E-state index < -0.39 is 18.0 Å². The molecule has 1 aliphatic heterocycles. The number of carboxylic acid groups (broad SMARTS) is 2. The van der Waals surface area contributed by atoms with Crippen molar-refractivity contribution in [1.29, 1.82) is 0 Å². The zero-order chi connectivity index (χ0) is 16.1. The molecule has 0 aliphatic carbocycles. The quantitative estimate of drug-likeness (QED) is 0.822. The molecule has 1 amide bonds. The first-order valence-electron chi connectivity index (χ1n) is 6.97. The maximum Gasteiger partial charge on any atom is 0.335 e. The summed E-state index contributed by atoms with van der Waals surface area (Å²) in [5.41, 5.74) is 0.568. The lowest BCUT2D eigenvalue weighted by Crippen LogP contribution is -2.40. The molecule has 1 unspecified atom stereocenters. The molecule has 0 saturated carbocycles. The normalized spacial score (nSPS) is 17.2. The molecule has 2 N–H and O–H groups in total. The van der Waals surface area contributed by atoms with Crippen molar-refractivity contribution in [3.8, 4) is 0 Å². The third-order valence-electron chi connectivity index (χ3n) is 3.45. The standard InChI is InChI=1S/C15H17NO6/c17-13(18)7-8-16(14(19)12-2-1-9-22-12)11-5-3-10(4-6-11)15(20)21/h3-6,12H,1-2,7-9H2,(H,17,18)(H,20,21). The van der Waals surface area contributed by atoms with Crippen LogP contribution in [0.2, 0.25) is 0 Å². The lowest BCUT2D eigenvalue weighted by Gasteiger charge is -2.25. The topological polar surface area (TPSA) is 104 Å². The third-order valence-corrected chi connectivity index (χ3v) is 3.45. The number of carbonyl (C=O) groups excluding carboxylic acids is 1. The van der Waals surface area contributed by atoms with Gasteiger partial charge in [-0.3, -0.25) is 9.59 Å². The van der Waals surface area contributed by atoms with Gasteiger partial charge < -0.3 is 19.8 Å². The van der Waals surface area contributed by atoms with E-state index >= 15 is 0 Å². The molecule has 1 aliphatic rings. The fraction of sp³-hybridized carbons (Fsp3) is 0.400. The Morgan fingerprint density at radius 1 is 1.18 bits per heavy atom. The smallest absolute Gasteiger partial charge is 0.335 e. The number of rotatable bonds is 6. The van der Waals surface area contributed by atoms with Crippen LogP contribution in [0.3, 0.4) is 0 Å². The molecule has 0 spiro atoms. The highest BCUT2D eigenvalue weighted by Gasteiger charge is 2.29. The Kier molecular flexibility index (Phi) is 5.11. The summed E-state index contributed by atoms with van der Waals surface area (Å²) in [6, 6.07) is 5.76. The lowest BCUT2D eigenvalue weighted by atomic mass is 10.1. The highest BCUT2D eigenvalue weighted by molar-refractivity contribution is 5.97. The molecule has 7 heteroatoms. The van der Waals surface area contributed by atoms with Crippen molar-refractivity contribution in [1.82, 2.24) is 0 Å². The van der Waals surface area contributed by atoms with E-state index in [0.29, 0.717) is 18.7 Å². The molecule has 1 atom stereocenters. The second kappa shape index (κ2) is 7.04. The molecule has 0 bridgehead atoms. The molecule has 22 heavy (non-hydrogen) atoms. The number of nitrogens with zero attached hydrogens (tertiary/aromatic N) is 1. The average molecular weight is 307 g/mol. The highest BCUT2D eigenvalue weighted by Crippen LogP contribution is 2.21. The third kappa shape index (κ3) is 3.82. The molecule has 1 aromatic carbocycles. The highest BCUT2D eigenvalue weighted by atomic mass is 16.5. The first-order chi connectivity index (χ1) is 10.5. The van der Waals surface area contributed by atoms with E-state index in [1.807, 2.05) is 0 Å². The van der Waals surface area contributed by atoms with Crippen LogP contribution in [0.4, 0.5) is 5.69 Å². The molecule has 1 saturated heterocycles. The number of amides is 1. The van der Waals surface area contributed by atoms with Crippen LogP contribution in [0, 0.1) is 0 Å². The Hall–Kier alpha value is -2.41. The van der Waals surface area contributed by atoms with Crippen LogP contribution in [0.1, 0.15) is 29.6 Å². The van der Waals surface area contributed by atoms with Gasteiger partial charge in [0, 0.05) is 18.8 Å². The number of carbonyl (C=O) groups is 3. The van der Waals surface area contributed by atoms with Gasteiger partial charge >= 0.3 is 11.9 Å². The summed E-state index contributed by atoms with van der Waals surface area (Å²) in [5, 5.41) is 17.7. The van der Waals surface area contributed by atoms with E-state index in [-0.39, 0.29) is 24.4 Å². The molecular weight excluding hydrogens is 290 g/mol. The van der Waals surface area contributed by atoms with Crippen LogP contribution in [-0.4, -0.2) is 47.3 Å². The van der Waals surface area contributed by atoms with E-state index in [9.17, 15) is 14.4 Å². The maximum atomic E-state index is 12.5.